The van der Waals surface area contributed by atoms with Crippen LogP contribution < -0.4 is 9.64 Å². The summed E-state index contributed by atoms with van der Waals surface area (Å²) in [7, 11) is 1.33. The number of aromatic nitrogens is 2. The van der Waals surface area contributed by atoms with Gasteiger partial charge < -0.3 is 14.7 Å². The van der Waals surface area contributed by atoms with Crippen molar-refractivity contribution in [1.29, 1.82) is 0 Å². The maximum Gasteiger partial charge on any atom is 0.372 e. The highest BCUT2D eigenvalue weighted by Gasteiger charge is 2.53. The molecule has 2 heterocycles. The Kier molecular flexibility index (Phi) is 2.56. The molecule has 8 heteroatoms. The van der Waals surface area contributed by atoms with Crippen LogP contribution in [-0.4, -0.2) is 45.8 Å². The summed E-state index contributed by atoms with van der Waals surface area (Å²) in [6.07, 6.45) is 3.29. The van der Waals surface area contributed by atoms with Crippen LogP contribution in [0.15, 0.2) is 6.33 Å². The molecule has 0 radical (unpaired) electrons. The topological polar surface area (TPSA) is 102 Å². The third-order valence-electron chi connectivity index (χ3n) is 3.71. The van der Waals surface area contributed by atoms with Crippen LogP contribution in [0.25, 0.3) is 0 Å². The number of nitrogens with zero attached hydrogens (tertiary/aromatic N) is 4. The SMILES string of the molecule is COc1ncnc(N2CC(O)(C3CC3)C2)c1[N+](=O)[O-]. The summed E-state index contributed by atoms with van der Waals surface area (Å²) >= 11 is 0. The highest BCUT2D eigenvalue weighted by Crippen LogP contribution is 2.47. The zero-order valence-corrected chi connectivity index (χ0v) is 10.4. The number of ether oxygens (including phenoxy) is 1. The lowest BCUT2D eigenvalue weighted by molar-refractivity contribution is -0.385. The molecular weight excluding hydrogens is 252 g/mol. The lowest BCUT2D eigenvalue weighted by Crippen LogP contribution is -2.63. The Hall–Kier alpha value is -1.96. The average molecular weight is 266 g/mol. The summed E-state index contributed by atoms with van der Waals surface area (Å²) in [5, 5.41) is 21.4. The van der Waals surface area contributed by atoms with Crippen LogP contribution >= 0.6 is 0 Å². The molecule has 19 heavy (non-hydrogen) atoms. The summed E-state index contributed by atoms with van der Waals surface area (Å²) in [6.45, 7) is 0.747. The minimum atomic E-state index is -0.716. The van der Waals surface area contributed by atoms with Crippen molar-refractivity contribution in [3.8, 4) is 5.88 Å². The molecule has 0 unspecified atom stereocenters. The highest BCUT2D eigenvalue weighted by molar-refractivity contribution is 5.64. The Morgan fingerprint density at radius 1 is 1.53 bits per heavy atom. The molecule has 2 aliphatic rings. The summed E-state index contributed by atoms with van der Waals surface area (Å²) in [5.74, 6) is 0.477. The summed E-state index contributed by atoms with van der Waals surface area (Å²) < 4.78 is 4.90. The van der Waals surface area contributed by atoms with Crippen molar-refractivity contribution in [1.82, 2.24) is 9.97 Å². The van der Waals surface area contributed by atoms with E-state index in [9.17, 15) is 15.2 Å². The first-order chi connectivity index (χ1) is 9.05. The maximum absolute atomic E-state index is 11.1. The standard InChI is InChI=1S/C11H14N4O4/c1-19-10-8(15(17)18)9(12-6-13-10)14-4-11(16,5-14)7-2-3-7/h6-7,16H,2-5H2,1H3. The first-order valence-electron chi connectivity index (χ1n) is 6.06. The molecule has 0 bridgehead atoms. The Morgan fingerprint density at radius 2 is 2.21 bits per heavy atom. The van der Waals surface area contributed by atoms with E-state index >= 15 is 0 Å². The number of methoxy groups -OCH3 is 1. The van der Waals surface area contributed by atoms with E-state index in [1.54, 1.807) is 4.90 Å². The largest absolute Gasteiger partial charge is 0.476 e. The molecule has 0 spiro atoms. The number of nitro groups is 1. The molecule has 3 rings (SSSR count). The number of hydrogen-bond donors (Lipinski definition) is 1. The number of β-amino-alcohol motifs (C(OH)–C–C–N with tert-alkyl or cyclic N) is 1. The fourth-order valence-corrected chi connectivity index (χ4v) is 2.54. The van der Waals surface area contributed by atoms with Crippen LogP contribution in [-0.2, 0) is 0 Å². The van der Waals surface area contributed by atoms with Crippen LogP contribution in [0.2, 0.25) is 0 Å². The molecule has 1 aliphatic carbocycles. The first kappa shape index (κ1) is 12.1. The molecule has 1 aromatic heterocycles. The zero-order chi connectivity index (χ0) is 13.6. The predicted octanol–water partition coefficient (Wildman–Crippen LogP) is 0.355. The van der Waals surface area contributed by atoms with E-state index in [2.05, 4.69) is 9.97 Å². The van der Waals surface area contributed by atoms with Crippen molar-refractivity contribution in [3.05, 3.63) is 16.4 Å². The summed E-state index contributed by atoms with van der Waals surface area (Å²) in [4.78, 5) is 19.9. The molecule has 1 aliphatic heterocycles. The molecule has 0 amide bonds. The van der Waals surface area contributed by atoms with E-state index in [-0.39, 0.29) is 17.4 Å². The van der Waals surface area contributed by atoms with Crippen LogP contribution in [0, 0.1) is 16.0 Å². The second kappa shape index (κ2) is 4.02. The molecular formula is C11H14N4O4. The Morgan fingerprint density at radius 3 is 2.74 bits per heavy atom. The average Bonchev–Trinajstić information content (AvgIpc) is 3.18. The van der Waals surface area contributed by atoms with Gasteiger partial charge in [0.15, 0.2) is 0 Å². The molecule has 1 saturated carbocycles. The fraction of sp³-hybridized carbons (Fsp3) is 0.636. The van der Waals surface area contributed by atoms with Crippen LogP contribution in [0.5, 0.6) is 5.88 Å². The Bertz CT molecular complexity index is 525. The molecule has 0 atom stereocenters. The van der Waals surface area contributed by atoms with Crippen molar-refractivity contribution >= 4 is 11.5 Å². The third-order valence-corrected chi connectivity index (χ3v) is 3.71. The third kappa shape index (κ3) is 1.88. The second-order valence-electron chi connectivity index (χ2n) is 5.05. The summed E-state index contributed by atoms with van der Waals surface area (Å²) in [6, 6.07) is 0. The van der Waals surface area contributed by atoms with E-state index < -0.39 is 10.5 Å². The van der Waals surface area contributed by atoms with Crippen molar-refractivity contribution in [2.75, 3.05) is 25.1 Å². The molecule has 102 valence electrons. The molecule has 0 aromatic carbocycles. The number of rotatable bonds is 4. The predicted molar refractivity (Wildman–Crippen MR) is 65.1 cm³/mol. The monoisotopic (exact) mass is 266 g/mol. The minimum absolute atomic E-state index is 0.0585. The van der Waals surface area contributed by atoms with Gasteiger partial charge in [-0.25, -0.2) is 4.98 Å². The minimum Gasteiger partial charge on any atom is -0.476 e. The molecule has 1 N–H and O–H groups in total. The van der Waals surface area contributed by atoms with E-state index in [4.69, 9.17) is 4.74 Å². The number of anilines is 1. The molecule has 8 nitrogen and oxygen atoms in total. The van der Waals surface area contributed by atoms with Crippen LogP contribution in [0.1, 0.15) is 12.8 Å². The van der Waals surface area contributed by atoms with Gasteiger partial charge >= 0.3 is 5.69 Å². The lowest BCUT2D eigenvalue weighted by Gasteiger charge is -2.47. The van der Waals surface area contributed by atoms with Gasteiger partial charge in [-0.1, -0.05) is 0 Å². The molecule has 1 aromatic rings. The zero-order valence-electron chi connectivity index (χ0n) is 10.4. The van der Waals surface area contributed by atoms with Gasteiger partial charge in [-0.15, -0.1) is 0 Å². The van der Waals surface area contributed by atoms with E-state index in [0.717, 1.165) is 12.8 Å². The fourth-order valence-electron chi connectivity index (χ4n) is 2.54. The normalized spacial score (nSPS) is 20.8. The van der Waals surface area contributed by atoms with E-state index in [0.29, 0.717) is 19.0 Å². The quantitative estimate of drug-likeness (QED) is 0.619. The Labute approximate surface area is 109 Å². The smallest absolute Gasteiger partial charge is 0.372 e. The van der Waals surface area contributed by atoms with Gasteiger partial charge in [0.2, 0.25) is 5.82 Å². The maximum atomic E-state index is 11.1. The second-order valence-corrected chi connectivity index (χ2v) is 5.05. The van der Waals surface area contributed by atoms with Crippen molar-refractivity contribution in [2.45, 2.75) is 18.4 Å². The number of hydrogen-bond acceptors (Lipinski definition) is 7. The van der Waals surface area contributed by atoms with Gasteiger partial charge in [-0.2, -0.15) is 4.98 Å². The first-order valence-corrected chi connectivity index (χ1v) is 6.06. The van der Waals surface area contributed by atoms with Gasteiger partial charge in [0.05, 0.1) is 25.1 Å². The van der Waals surface area contributed by atoms with Gasteiger partial charge in [-0.05, 0) is 18.8 Å². The van der Waals surface area contributed by atoms with Gasteiger partial charge in [0, 0.05) is 0 Å². The summed E-state index contributed by atoms with van der Waals surface area (Å²) in [5.41, 5.74) is -0.964. The lowest BCUT2D eigenvalue weighted by atomic mass is 9.89. The van der Waals surface area contributed by atoms with Crippen LogP contribution in [0.3, 0.4) is 0 Å². The van der Waals surface area contributed by atoms with E-state index in [1.807, 2.05) is 0 Å². The molecule has 2 fully saturated rings. The van der Waals surface area contributed by atoms with Crippen molar-refractivity contribution < 1.29 is 14.8 Å². The van der Waals surface area contributed by atoms with Gasteiger partial charge in [0.25, 0.3) is 5.88 Å². The highest BCUT2D eigenvalue weighted by atomic mass is 16.6. The number of aliphatic hydroxyl groups is 1. The van der Waals surface area contributed by atoms with Crippen molar-refractivity contribution in [3.63, 3.8) is 0 Å². The molecule has 1 saturated heterocycles. The van der Waals surface area contributed by atoms with Gasteiger partial charge in [-0.3, -0.25) is 10.1 Å². The van der Waals surface area contributed by atoms with E-state index in [1.165, 1.54) is 13.4 Å². The van der Waals surface area contributed by atoms with Crippen LogP contribution in [0.4, 0.5) is 11.5 Å². The van der Waals surface area contributed by atoms with Gasteiger partial charge in [0.1, 0.15) is 11.9 Å². The Balaban J connectivity index is 1.87. The van der Waals surface area contributed by atoms with Crippen molar-refractivity contribution in [2.24, 2.45) is 5.92 Å².